The molecule has 0 aromatic heterocycles. The summed E-state index contributed by atoms with van der Waals surface area (Å²) in [5.41, 5.74) is 2.00. The molecule has 0 saturated carbocycles. The predicted octanol–water partition coefficient (Wildman–Crippen LogP) is 4.91. The van der Waals surface area contributed by atoms with E-state index in [9.17, 15) is 18.0 Å². The normalized spacial score (nSPS) is 11.9. The number of carbonyl (C=O) groups is 2. The van der Waals surface area contributed by atoms with Gasteiger partial charge < -0.3 is 19.7 Å². The first-order chi connectivity index (χ1) is 19.5. The molecule has 0 bridgehead atoms. The largest absolute Gasteiger partial charge is 0.497 e. The summed E-state index contributed by atoms with van der Waals surface area (Å²) in [5, 5.41) is 2.80. The maximum atomic E-state index is 14.1. The Hall–Kier alpha value is -3.57. The molecule has 1 atom stereocenters. The quantitative estimate of drug-likeness (QED) is 0.283. The molecule has 0 spiro atoms. The zero-order chi connectivity index (χ0) is 30.2. The number of ether oxygens (including phenoxy) is 2. The van der Waals surface area contributed by atoms with Crippen LogP contribution in [0, 0.1) is 6.92 Å². The molecule has 0 fully saturated rings. The predicted molar refractivity (Wildman–Crippen MR) is 163 cm³/mol. The van der Waals surface area contributed by atoms with Crippen LogP contribution in [-0.4, -0.2) is 58.5 Å². The van der Waals surface area contributed by atoms with Crippen LogP contribution >= 0.6 is 15.9 Å². The first-order valence-corrected chi connectivity index (χ1v) is 15.4. The van der Waals surface area contributed by atoms with Crippen LogP contribution in [0.1, 0.15) is 31.4 Å². The molecule has 41 heavy (non-hydrogen) atoms. The van der Waals surface area contributed by atoms with Gasteiger partial charge in [0.25, 0.3) is 10.0 Å². The molecule has 3 aromatic rings. The number of likely N-dealkylation sites (N-methyl/N-ethyl adjacent to an activating group) is 1. The fourth-order valence-corrected chi connectivity index (χ4v) is 6.49. The molecule has 3 rings (SSSR count). The lowest BCUT2D eigenvalue weighted by Gasteiger charge is -2.33. The average molecular weight is 647 g/mol. The van der Waals surface area contributed by atoms with E-state index in [4.69, 9.17) is 9.47 Å². The Balaban J connectivity index is 2.08. The number of halogens is 1. The van der Waals surface area contributed by atoms with E-state index < -0.39 is 28.5 Å². The number of sulfonamides is 1. The highest BCUT2D eigenvalue weighted by molar-refractivity contribution is 9.10. The average Bonchev–Trinajstić information content (AvgIpc) is 2.96. The van der Waals surface area contributed by atoms with E-state index in [1.54, 1.807) is 62.6 Å². The number of amides is 2. The van der Waals surface area contributed by atoms with Crippen LogP contribution in [0.25, 0.3) is 0 Å². The second-order valence-electron chi connectivity index (χ2n) is 9.34. The van der Waals surface area contributed by atoms with Gasteiger partial charge in [-0.3, -0.25) is 13.9 Å². The highest BCUT2D eigenvalue weighted by Gasteiger charge is 2.34. The Kier molecular flexibility index (Phi) is 11.2. The molecule has 11 heteroatoms. The van der Waals surface area contributed by atoms with Gasteiger partial charge in [-0.25, -0.2) is 8.42 Å². The van der Waals surface area contributed by atoms with Gasteiger partial charge in [0.2, 0.25) is 11.8 Å². The summed E-state index contributed by atoms with van der Waals surface area (Å²) in [6.45, 7) is 5.47. The summed E-state index contributed by atoms with van der Waals surface area (Å²) < 4.78 is 40.2. The minimum absolute atomic E-state index is 0.0198. The van der Waals surface area contributed by atoms with Gasteiger partial charge in [-0.2, -0.15) is 0 Å². The zero-order valence-corrected chi connectivity index (χ0v) is 26.3. The number of carbonyl (C=O) groups excluding carboxylic acids is 2. The van der Waals surface area contributed by atoms with Crippen molar-refractivity contribution in [3.63, 3.8) is 0 Å². The van der Waals surface area contributed by atoms with E-state index in [-0.39, 0.29) is 17.3 Å². The Bertz CT molecular complexity index is 1460. The summed E-state index contributed by atoms with van der Waals surface area (Å²) in [5.74, 6) is 0.242. The Morgan fingerprint density at radius 2 is 1.68 bits per heavy atom. The van der Waals surface area contributed by atoms with Crippen LogP contribution in [0.5, 0.6) is 11.5 Å². The third-order valence-corrected chi connectivity index (χ3v) is 8.93. The lowest BCUT2D eigenvalue weighted by molar-refractivity contribution is -0.140. The molecule has 1 N–H and O–H groups in total. The van der Waals surface area contributed by atoms with Crippen LogP contribution in [0.4, 0.5) is 5.69 Å². The van der Waals surface area contributed by atoms with E-state index in [2.05, 4.69) is 21.2 Å². The van der Waals surface area contributed by atoms with Gasteiger partial charge in [-0.1, -0.05) is 36.8 Å². The lowest BCUT2D eigenvalue weighted by atomic mass is 10.1. The van der Waals surface area contributed by atoms with Gasteiger partial charge in [0.05, 0.1) is 29.3 Å². The molecule has 0 aliphatic heterocycles. The number of methoxy groups -OCH3 is 2. The standard InChI is InChI=1S/C30H36BrN3O6S/c1-6-27(30(36)32-7-2)33(19-22-9-8-10-24(17-22)39-4)29(35)20-34(23-13-11-21(3)12-14-23)41(37,38)25-15-16-28(40-5)26(31)18-25/h8-18,27H,6-7,19-20H2,1-5H3,(H,32,36). The monoisotopic (exact) mass is 645 g/mol. The van der Waals surface area contributed by atoms with Crippen molar-refractivity contribution >= 4 is 43.5 Å². The Morgan fingerprint density at radius 3 is 2.27 bits per heavy atom. The molecular weight excluding hydrogens is 610 g/mol. The van der Waals surface area contributed by atoms with Crippen molar-refractivity contribution in [2.75, 3.05) is 31.6 Å². The number of rotatable bonds is 13. The van der Waals surface area contributed by atoms with Gasteiger partial charge in [0.1, 0.15) is 24.1 Å². The van der Waals surface area contributed by atoms with Gasteiger partial charge in [0, 0.05) is 13.1 Å². The second kappa shape index (κ2) is 14.4. The fraction of sp³-hybridized carbons (Fsp3) is 0.333. The van der Waals surface area contributed by atoms with Gasteiger partial charge in [0.15, 0.2) is 0 Å². The van der Waals surface area contributed by atoms with Crippen molar-refractivity contribution in [3.05, 3.63) is 82.3 Å². The molecule has 0 saturated heterocycles. The maximum Gasteiger partial charge on any atom is 0.264 e. The molecule has 0 heterocycles. The number of hydrogen-bond donors (Lipinski definition) is 1. The van der Waals surface area contributed by atoms with Gasteiger partial charge in [-0.15, -0.1) is 0 Å². The number of anilines is 1. The van der Waals surface area contributed by atoms with E-state index >= 15 is 0 Å². The highest BCUT2D eigenvalue weighted by atomic mass is 79.9. The van der Waals surface area contributed by atoms with Crippen molar-refractivity contribution in [2.45, 2.75) is 44.7 Å². The summed E-state index contributed by atoms with van der Waals surface area (Å²) in [6, 6.07) is 17.7. The van der Waals surface area contributed by atoms with Crippen molar-refractivity contribution in [1.82, 2.24) is 10.2 Å². The third kappa shape index (κ3) is 7.80. The van der Waals surface area contributed by atoms with Crippen molar-refractivity contribution in [1.29, 1.82) is 0 Å². The van der Waals surface area contributed by atoms with Gasteiger partial charge in [-0.05, 0) is 84.2 Å². The Labute approximate surface area is 250 Å². The highest BCUT2D eigenvalue weighted by Crippen LogP contribution is 2.31. The minimum Gasteiger partial charge on any atom is -0.497 e. The first kappa shape index (κ1) is 32.0. The molecule has 0 radical (unpaired) electrons. The van der Waals surface area contributed by atoms with E-state index in [0.717, 1.165) is 15.4 Å². The molecule has 0 aliphatic rings. The first-order valence-electron chi connectivity index (χ1n) is 13.2. The van der Waals surface area contributed by atoms with Crippen LogP contribution in [0.3, 0.4) is 0 Å². The van der Waals surface area contributed by atoms with Crippen LogP contribution < -0.4 is 19.1 Å². The van der Waals surface area contributed by atoms with Crippen LogP contribution in [0.15, 0.2) is 76.1 Å². The van der Waals surface area contributed by atoms with Crippen LogP contribution in [-0.2, 0) is 26.2 Å². The Morgan fingerprint density at radius 1 is 0.976 bits per heavy atom. The van der Waals surface area contributed by atoms with Crippen molar-refractivity contribution < 1.29 is 27.5 Å². The van der Waals surface area contributed by atoms with Crippen molar-refractivity contribution in [2.24, 2.45) is 0 Å². The van der Waals surface area contributed by atoms with Gasteiger partial charge >= 0.3 is 0 Å². The molecule has 2 amide bonds. The number of hydrogen-bond acceptors (Lipinski definition) is 6. The number of nitrogens with zero attached hydrogens (tertiary/aromatic N) is 2. The van der Waals surface area contributed by atoms with E-state index in [0.29, 0.717) is 34.6 Å². The van der Waals surface area contributed by atoms with E-state index in [1.165, 1.54) is 24.1 Å². The molecule has 0 aliphatic carbocycles. The fourth-order valence-electron chi connectivity index (χ4n) is 4.35. The molecule has 1 unspecified atom stereocenters. The topological polar surface area (TPSA) is 105 Å². The SMILES string of the molecule is CCNC(=O)C(CC)N(Cc1cccc(OC)c1)C(=O)CN(c1ccc(C)cc1)S(=O)(=O)c1ccc(OC)c(Br)c1. The van der Waals surface area contributed by atoms with E-state index in [1.807, 2.05) is 19.9 Å². The smallest absolute Gasteiger partial charge is 0.264 e. The summed E-state index contributed by atoms with van der Waals surface area (Å²) in [4.78, 5) is 28.6. The summed E-state index contributed by atoms with van der Waals surface area (Å²) in [6.07, 6.45) is 0.338. The summed E-state index contributed by atoms with van der Waals surface area (Å²) >= 11 is 3.36. The van der Waals surface area contributed by atoms with Crippen LogP contribution in [0.2, 0.25) is 0 Å². The third-order valence-electron chi connectivity index (χ3n) is 6.54. The maximum absolute atomic E-state index is 14.1. The second-order valence-corrected chi connectivity index (χ2v) is 12.1. The number of benzene rings is 3. The molecular formula is C30H36BrN3O6S. The number of aryl methyl sites for hydroxylation is 1. The van der Waals surface area contributed by atoms with Crippen molar-refractivity contribution in [3.8, 4) is 11.5 Å². The summed E-state index contributed by atoms with van der Waals surface area (Å²) in [7, 11) is -1.17. The zero-order valence-electron chi connectivity index (χ0n) is 23.9. The molecule has 9 nitrogen and oxygen atoms in total. The molecule has 3 aromatic carbocycles. The molecule has 220 valence electrons. The number of nitrogens with one attached hydrogen (secondary N) is 1. The lowest BCUT2D eigenvalue weighted by Crippen LogP contribution is -2.52. The minimum atomic E-state index is -4.21.